The quantitative estimate of drug-likeness (QED) is 0.794. The lowest BCUT2D eigenvalue weighted by atomic mass is 9.53. The fourth-order valence-corrected chi connectivity index (χ4v) is 5.79. The number of nitriles is 1. The van der Waals surface area contributed by atoms with Gasteiger partial charge in [-0.1, -0.05) is 12.2 Å². The molecule has 0 spiro atoms. The van der Waals surface area contributed by atoms with Crippen LogP contribution in [-0.4, -0.2) is 9.78 Å². The van der Waals surface area contributed by atoms with Crippen LogP contribution >= 0.6 is 12.2 Å². The van der Waals surface area contributed by atoms with Crippen LogP contribution in [0.3, 0.4) is 0 Å². The Labute approximate surface area is 118 Å². The second-order valence-corrected chi connectivity index (χ2v) is 7.39. The zero-order valence-corrected chi connectivity index (χ0v) is 12.1. The Hall–Kier alpha value is -1.08. The van der Waals surface area contributed by atoms with Gasteiger partial charge in [-0.05, 0) is 63.2 Å². The van der Waals surface area contributed by atoms with Crippen molar-refractivity contribution >= 4 is 12.2 Å². The Morgan fingerprint density at radius 1 is 1.21 bits per heavy atom. The summed E-state index contributed by atoms with van der Waals surface area (Å²) >= 11 is 5.56. The zero-order valence-electron chi connectivity index (χ0n) is 11.3. The Morgan fingerprint density at radius 2 is 1.74 bits per heavy atom. The fraction of sp³-hybridized carbons (Fsp3) is 0.733. The van der Waals surface area contributed by atoms with E-state index >= 15 is 0 Å². The number of rotatable bonds is 1. The first-order valence-corrected chi connectivity index (χ1v) is 7.74. The minimum atomic E-state index is 0.200. The maximum absolute atomic E-state index is 9.24. The average Bonchev–Trinajstić information content (AvgIpc) is 2.63. The standard InChI is InChI=1S/C15H19N3S/c1-9-13(8-16)14(19)18(17-9)15-5-10-2-11(6-15)4-12(3-10)7-15/h10-12,17H,2-7H2,1H3. The van der Waals surface area contributed by atoms with Gasteiger partial charge in [0.1, 0.15) is 16.3 Å². The Kier molecular flexibility index (Phi) is 2.30. The molecule has 0 amide bonds. The van der Waals surface area contributed by atoms with Crippen LogP contribution < -0.4 is 0 Å². The molecule has 1 heterocycles. The Morgan fingerprint density at radius 3 is 2.16 bits per heavy atom. The van der Waals surface area contributed by atoms with Crippen molar-refractivity contribution in [3.63, 3.8) is 0 Å². The van der Waals surface area contributed by atoms with Crippen LogP contribution in [0.5, 0.6) is 0 Å². The molecule has 4 aliphatic carbocycles. The molecular weight excluding hydrogens is 254 g/mol. The SMILES string of the molecule is Cc1[nH]n(C23CC4CC(CC(C4)C2)C3)c(=S)c1C#N. The van der Waals surface area contributed by atoms with E-state index in [0.717, 1.165) is 28.1 Å². The van der Waals surface area contributed by atoms with Gasteiger partial charge in [0.25, 0.3) is 0 Å². The molecule has 0 atom stereocenters. The van der Waals surface area contributed by atoms with Crippen LogP contribution in [-0.2, 0) is 5.54 Å². The summed E-state index contributed by atoms with van der Waals surface area (Å²) in [5.41, 5.74) is 1.81. The van der Waals surface area contributed by atoms with Crippen molar-refractivity contribution in [3.05, 3.63) is 15.9 Å². The van der Waals surface area contributed by atoms with E-state index in [1.165, 1.54) is 38.5 Å². The predicted octanol–water partition coefficient (Wildman–Crippen LogP) is 3.65. The molecule has 1 N–H and O–H groups in total. The van der Waals surface area contributed by atoms with Crippen LogP contribution in [0.2, 0.25) is 0 Å². The van der Waals surface area contributed by atoms with Crippen LogP contribution in [0.4, 0.5) is 0 Å². The normalized spacial score (nSPS) is 39.5. The molecule has 19 heavy (non-hydrogen) atoms. The van der Waals surface area contributed by atoms with Gasteiger partial charge in [-0.3, -0.25) is 4.68 Å². The summed E-state index contributed by atoms with van der Waals surface area (Å²) in [6.07, 6.45) is 8.07. The highest BCUT2D eigenvalue weighted by molar-refractivity contribution is 7.71. The topological polar surface area (TPSA) is 44.5 Å². The smallest absolute Gasteiger partial charge is 0.140 e. The second kappa shape index (κ2) is 3.73. The van der Waals surface area contributed by atoms with Crippen molar-refractivity contribution < 1.29 is 0 Å². The lowest BCUT2D eigenvalue weighted by Crippen LogP contribution is -2.52. The molecule has 0 radical (unpaired) electrons. The summed E-state index contributed by atoms with van der Waals surface area (Å²) in [6, 6.07) is 2.26. The first-order chi connectivity index (χ1) is 9.11. The summed E-state index contributed by atoms with van der Waals surface area (Å²) in [5.74, 6) is 2.67. The molecule has 1 aromatic heterocycles. The van der Waals surface area contributed by atoms with Crippen molar-refractivity contribution in [1.29, 1.82) is 5.26 Å². The van der Waals surface area contributed by atoms with Gasteiger partial charge in [-0.25, -0.2) is 0 Å². The van der Waals surface area contributed by atoms with Crippen LogP contribution in [0.15, 0.2) is 0 Å². The maximum Gasteiger partial charge on any atom is 0.140 e. The molecule has 0 aliphatic heterocycles. The minimum Gasteiger partial charge on any atom is -0.300 e. The molecular formula is C15H19N3S. The van der Waals surface area contributed by atoms with Crippen molar-refractivity contribution in [2.75, 3.05) is 0 Å². The summed E-state index contributed by atoms with van der Waals surface area (Å²) in [6.45, 7) is 1.96. The highest BCUT2D eigenvalue weighted by Crippen LogP contribution is 2.58. The van der Waals surface area contributed by atoms with Crippen molar-refractivity contribution in [2.24, 2.45) is 17.8 Å². The van der Waals surface area contributed by atoms with Gasteiger partial charge in [-0.2, -0.15) is 5.26 Å². The number of hydrogen-bond acceptors (Lipinski definition) is 2. The molecule has 0 aromatic carbocycles. The van der Waals surface area contributed by atoms with E-state index in [0.29, 0.717) is 5.56 Å². The zero-order chi connectivity index (χ0) is 13.2. The number of H-pyrrole nitrogens is 1. The molecule has 4 fully saturated rings. The van der Waals surface area contributed by atoms with Crippen molar-refractivity contribution in [3.8, 4) is 6.07 Å². The van der Waals surface area contributed by atoms with Crippen LogP contribution in [0.25, 0.3) is 0 Å². The van der Waals surface area contributed by atoms with Crippen LogP contribution in [0.1, 0.15) is 49.8 Å². The third kappa shape index (κ3) is 1.51. The summed E-state index contributed by atoms with van der Waals surface area (Å²) in [5, 5.41) is 12.7. The van der Waals surface area contributed by atoms with Crippen molar-refractivity contribution in [2.45, 2.75) is 51.0 Å². The molecule has 1 aromatic rings. The van der Waals surface area contributed by atoms with Gasteiger partial charge in [0.15, 0.2) is 0 Å². The van der Waals surface area contributed by atoms with Gasteiger partial charge in [0.2, 0.25) is 0 Å². The first kappa shape index (κ1) is 11.7. The number of aromatic amines is 1. The number of hydrogen-bond donors (Lipinski definition) is 1. The summed E-state index contributed by atoms with van der Waals surface area (Å²) in [7, 11) is 0. The van der Waals surface area contributed by atoms with E-state index in [2.05, 4.69) is 15.8 Å². The van der Waals surface area contributed by atoms with Crippen LogP contribution in [0, 0.1) is 40.6 Å². The molecule has 4 aliphatic rings. The largest absolute Gasteiger partial charge is 0.300 e. The third-order valence-electron chi connectivity index (χ3n) is 5.66. The number of aromatic nitrogens is 2. The Balaban J connectivity index is 1.85. The highest BCUT2D eigenvalue weighted by atomic mass is 32.1. The van der Waals surface area contributed by atoms with E-state index in [9.17, 15) is 5.26 Å². The number of nitrogens with zero attached hydrogens (tertiary/aromatic N) is 2. The predicted molar refractivity (Wildman–Crippen MR) is 75.2 cm³/mol. The fourth-order valence-electron chi connectivity index (χ4n) is 5.35. The molecule has 4 bridgehead atoms. The van der Waals surface area contributed by atoms with E-state index in [1.807, 2.05) is 6.92 Å². The van der Waals surface area contributed by atoms with Crippen molar-refractivity contribution in [1.82, 2.24) is 9.78 Å². The van der Waals surface area contributed by atoms with E-state index in [-0.39, 0.29) is 5.54 Å². The number of nitrogens with one attached hydrogen (secondary N) is 1. The molecule has 4 heteroatoms. The van der Waals surface area contributed by atoms with Gasteiger partial charge in [-0.15, -0.1) is 0 Å². The molecule has 5 rings (SSSR count). The van der Waals surface area contributed by atoms with Gasteiger partial charge < -0.3 is 5.10 Å². The minimum absolute atomic E-state index is 0.200. The van der Waals surface area contributed by atoms with Gasteiger partial charge >= 0.3 is 0 Å². The molecule has 4 saturated carbocycles. The van der Waals surface area contributed by atoms with Gasteiger partial charge in [0, 0.05) is 5.69 Å². The molecule has 100 valence electrons. The third-order valence-corrected chi connectivity index (χ3v) is 6.05. The average molecular weight is 273 g/mol. The maximum atomic E-state index is 9.24. The Bertz CT molecular complexity index is 596. The van der Waals surface area contributed by atoms with E-state index in [4.69, 9.17) is 12.2 Å². The monoisotopic (exact) mass is 273 g/mol. The summed E-state index contributed by atoms with van der Waals surface area (Å²) in [4.78, 5) is 0. The highest BCUT2D eigenvalue weighted by Gasteiger charge is 2.52. The first-order valence-electron chi connectivity index (χ1n) is 7.33. The number of aryl methyl sites for hydroxylation is 1. The molecule has 0 saturated heterocycles. The lowest BCUT2D eigenvalue weighted by molar-refractivity contribution is -0.0502. The molecule has 0 unspecified atom stereocenters. The molecule has 3 nitrogen and oxygen atoms in total. The van der Waals surface area contributed by atoms with E-state index < -0.39 is 0 Å². The summed E-state index contributed by atoms with van der Waals surface area (Å²) < 4.78 is 2.93. The second-order valence-electron chi connectivity index (χ2n) is 7.01. The van der Waals surface area contributed by atoms with E-state index in [1.54, 1.807) is 0 Å². The van der Waals surface area contributed by atoms with Gasteiger partial charge in [0.05, 0.1) is 5.54 Å². The lowest BCUT2D eigenvalue weighted by Gasteiger charge is -2.56.